The summed E-state index contributed by atoms with van der Waals surface area (Å²) in [5.41, 5.74) is 13.2. The second-order valence-corrected chi connectivity index (χ2v) is 47.8. The molecule has 141 heavy (non-hydrogen) atoms. The number of alkyl halides is 6. The molecule has 11 atom stereocenters. The van der Waals surface area contributed by atoms with Crippen molar-refractivity contribution in [3.8, 4) is 0 Å². The van der Waals surface area contributed by atoms with Crippen molar-refractivity contribution in [2.24, 2.45) is 93.0 Å². The predicted molar refractivity (Wildman–Crippen MR) is 599 cm³/mol. The summed E-state index contributed by atoms with van der Waals surface area (Å²) >= 11 is 3.20. The second-order valence-electron chi connectivity index (χ2n) is 43.3. The number of hydrogen-bond donors (Lipinski definition) is 3. The zero-order valence-electron chi connectivity index (χ0n) is 84.7. The molecule has 8 saturated carbocycles. The summed E-state index contributed by atoms with van der Waals surface area (Å²) in [6.45, 7) is 44.5. The van der Waals surface area contributed by atoms with Crippen molar-refractivity contribution in [3.05, 3.63) is 175 Å². The molecule has 13 fully saturated rings. The molecule has 0 spiro atoms. The summed E-state index contributed by atoms with van der Waals surface area (Å²) in [6, 6.07) is 23.7. The van der Waals surface area contributed by atoms with Crippen LogP contribution in [-0.2, 0) is 39.8 Å². The number of amides is 1. The van der Waals surface area contributed by atoms with Gasteiger partial charge in [-0.25, -0.2) is 13.4 Å². The number of sulfone groups is 1. The van der Waals surface area contributed by atoms with E-state index in [4.69, 9.17) is 5.73 Å². The highest BCUT2D eigenvalue weighted by molar-refractivity contribution is 8.14. The number of thioether (sulfide) groups is 1. The average molecular weight is 2030 g/mol. The SMILES string of the molecule is C.C.C.C.C.C.C.C.CC12CCCC1CCC2.CC1CC2C3CCC(C3)C2C1.CC1CC2CCC1(C)C2(C)C.CC1CCS(=O)(=O)C1.CC1CCSC1=O.CCCC1=CC2C=C(C)C=CC2N1.CCCc1ccc(C)cc1.CN1CCC(N2CCCCC2)CC1.CNC(=O)c1cc(C(F)(F)F)cc(C(F)(F)F)c1.Cc1ccc(CCN)cc1.Cc1ccc(N2CCC(C)CC2)nc1.Cc1nnc(C2CC2)s1. The zero-order chi connectivity index (χ0) is 97.0. The standard InChI is InChI=1S/C12H18N2.C12H17N.C11H22N2.C11H18.C11H20.C10H7F6NO.C10H14.C9H13N.C9H16.C6H8N2S.C5H10O2S.C5H8OS.8CH4/c1-10-5-7-14(8-6-10)12-4-3-11(2)9-13-12;1-3-4-11-8-10-7-9(2)5-6-12(10)13-11;1-12-9-5-11(6-10-12)13-7-3-2-4-8-13;1-7-4-10-8-2-3-9(6-8)11(10)5-7;1-8-7-9-5-6-11(8,4)10(9,2)3;1-17-8(18)5-2-6(9(11,12)13)4-7(3-5)10(14,15)16;1-3-4-10-7-5-9(2)6-8-10;1-8-2-4-9(5-3-8)6-7-10;1-9-6-2-4-8(9)5-3-7-9;1-4-7-8-6(9-4)5-2-3-5;1-5-2-3-8(6,7)4-5;1-4-2-3-7-5(4)6;;;;;;;;/h3-4,9-10H,5-8H2,1-2H3;5-8,10,12-13H,3-4H2,1-2H3;11H,2-10H2,1H3;7-11H,2-6H2,1H3;8-9H,5-7H2,1-4H3;2-4H,1H3,(H,17,18);5-8H,3-4H2,1-2H3;2-5H,6-7,10H2,1H3;8H,2-7H2,1H3;5H,2-3H2,1H3;5H,2-4H2,1H3;4H,2-3H2,1H3;8*1H4. The number of hydrogen-bond acceptors (Lipinski definition) is 14. The van der Waals surface area contributed by atoms with Crippen LogP contribution in [0.1, 0.15) is 388 Å². The first-order chi connectivity index (χ1) is 63.0. The maximum atomic E-state index is 12.4. The number of fused-ring (bicyclic) bond motifs is 9. The van der Waals surface area contributed by atoms with Gasteiger partial charge in [0.2, 0.25) is 0 Å². The van der Waals surface area contributed by atoms with Crippen LogP contribution in [0.15, 0.2) is 121 Å². The Kier molecular flexibility index (Phi) is 59.5. The topological polar surface area (TPSA) is 167 Å². The van der Waals surface area contributed by atoms with E-state index in [0.29, 0.717) is 63.4 Å². The number of nitrogens with zero attached hydrogens (tertiary/aromatic N) is 6. The molecule has 6 aliphatic heterocycles. The molecule has 1 amide bonds. The monoisotopic (exact) mass is 2030 g/mol. The maximum absolute atomic E-state index is 12.4. The Morgan fingerprint density at radius 1 is 0.582 bits per heavy atom. The van der Waals surface area contributed by atoms with Crippen LogP contribution in [0.3, 0.4) is 0 Å². The lowest BCUT2D eigenvalue weighted by atomic mass is 9.67. The highest BCUT2D eigenvalue weighted by Crippen LogP contribution is 2.68. The van der Waals surface area contributed by atoms with Gasteiger partial charge in [-0.15, -0.1) is 21.5 Å². The Morgan fingerprint density at radius 3 is 1.52 bits per heavy atom. The van der Waals surface area contributed by atoms with Gasteiger partial charge in [0.25, 0.3) is 5.91 Å². The molecule has 5 saturated heterocycles. The fourth-order valence-corrected chi connectivity index (χ4v) is 26.8. The van der Waals surface area contributed by atoms with E-state index in [1.807, 2.05) is 32.3 Å². The van der Waals surface area contributed by atoms with Crippen molar-refractivity contribution < 1.29 is 44.3 Å². The molecule has 2 aromatic heterocycles. The van der Waals surface area contributed by atoms with E-state index in [1.54, 1.807) is 43.4 Å². The van der Waals surface area contributed by atoms with Crippen molar-refractivity contribution >= 4 is 49.8 Å². The number of anilines is 1. The lowest BCUT2D eigenvalue weighted by Gasteiger charge is -2.39. The third-order valence-corrected chi connectivity index (χ3v) is 36.2. The minimum atomic E-state index is -4.95. The minimum Gasteiger partial charge on any atom is -0.381 e. The van der Waals surface area contributed by atoms with E-state index >= 15 is 0 Å². The molecule has 11 unspecified atom stereocenters. The second kappa shape index (κ2) is 63.0. The fourth-order valence-electron chi connectivity index (χ4n) is 22.9. The Bertz CT molecular complexity index is 4420. The number of nitrogens with one attached hydrogen (secondary N) is 2. The Labute approximate surface area is 867 Å². The molecule has 808 valence electrons. The normalized spacial score (nSPS) is 27.1. The van der Waals surface area contributed by atoms with Gasteiger partial charge in [-0.05, 0) is 351 Å². The van der Waals surface area contributed by atoms with Gasteiger partial charge in [0, 0.05) is 67.1 Å². The number of carbonyl (C=O) groups excluding carboxylic acids is 2. The van der Waals surface area contributed by atoms with Crippen molar-refractivity contribution in [2.75, 3.05) is 82.1 Å². The number of rotatable bonds is 10. The lowest BCUT2D eigenvalue weighted by molar-refractivity contribution is -0.143. The molecule has 0 radical (unpaired) electrons. The van der Waals surface area contributed by atoms with Crippen LogP contribution in [0.5, 0.6) is 0 Å². The maximum Gasteiger partial charge on any atom is 0.416 e. The van der Waals surface area contributed by atoms with Gasteiger partial charge in [-0.1, -0.05) is 275 Å². The van der Waals surface area contributed by atoms with Crippen LogP contribution >= 0.6 is 23.1 Å². The van der Waals surface area contributed by atoms with Crippen LogP contribution in [0.25, 0.3) is 0 Å². The molecule has 3 aromatic carbocycles. The summed E-state index contributed by atoms with van der Waals surface area (Å²) in [5, 5.41) is 16.2. The quantitative estimate of drug-likeness (QED) is 0.113. The van der Waals surface area contributed by atoms with E-state index in [2.05, 4.69) is 217 Å². The molecule has 13 nitrogen and oxygen atoms in total. The van der Waals surface area contributed by atoms with E-state index in [0.717, 1.165) is 109 Å². The first kappa shape index (κ1) is 133. The van der Waals surface area contributed by atoms with Gasteiger partial charge in [-0.2, -0.15) is 26.3 Å². The van der Waals surface area contributed by atoms with E-state index in [1.165, 1.54) is 247 Å². The number of pyridine rings is 1. The Balaban J connectivity index is 0.000000770. The number of carbonyl (C=O) groups is 2. The van der Waals surface area contributed by atoms with Gasteiger partial charge < -0.3 is 31.1 Å². The number of halogens is 6. The Hall–Kier alpha value is -5.91. The van der Waals surface area contributed by atoms with Gasteiger partial charge in [0.15, 0.2) is 15.0 Å². The fraction of sp³-hybridized carbons (Fsp3) is 0.723. The zero-order valence-corrected chi connectivity index (χ0v) is 87.2. The van der Waals surface area contributed by atoms with Crippen molar-refractivity contribution in [1.29, 1.82) is 0 Å². The highest BCUT2D eigenvalue weighted by atomic mass is 32.2. The van der Waals surface area contributed by atoms with E-state index in [9.17, 15) is 44.3 Å². The molecule has 5 aromatic rings. The van der Waals surface area contributed by atoms with Crippen LogP contribution in [-0.4, -0.2) is 134 Å². The number of nitrogens with two attached hydrogens (primary N) is 1. The Morgan fingerprint density at radius 2 is 1.13 bits per heavy atom. The molecular formula is C119H203F6N9O4S3. The van der Waals surface area contributed by atoms with Crippen LogP contribution in [0, 0.1) is 115 Å². The van der Waals surface area contributed by atoms with Crippen LogP contribution < -0.4 is 21.3 Å². The van der Waals surface area contributed by atoms with E-state index < -0.39 is 44.8 Å². The third-order valence-electron chi connectivity index (χ3n) is 32.2. The van der Waals surface area contributed by atoms with Gasteiger partial charge in [0.1, 0.15) is 15.8 Å². The number of benzene rings is 3. The molecule has 4 N–H and O–H groups in total. The number of aryl methyl sites for hydroxylation is 5. The summed E-state index contributed by atoms with van der Waals surface area (Å²) < 4.78 is 95.7. The van der Waals surface area contributed by atoms with Crippen LogP contribution in [0.4, 0.5) is 32.2 Å². The van der Waals surface area contributed by atoms with Crippen LogP contribution in [0.2, 0.25) is 0 Å². The third kappa shape index (κ3) is 41.6. The molecule has 15 aliphatic rings. The molecule has 20 rings (SSSR count). The number of piperidine rings is 3. The van der Waals surface area contributed by atoms with Crippen molar-refractivity contribution in [1.82, 2.24) is 35.6 Å². The van der Waals surface area contributed by atoms with Gasteiger partial charge >= 0.3 is 12.4 Å². The summed E-state index contributed by atoms with van der Waals surface area (Å²) in [5.74, 6) is 13.9. The predicted octanol–water partition coefficient (Wildman–Crippen LogP) is 32.6. The first-order valence-corrected chi connectivity index (χ1v) is 55.1. The molecule has 22 heteroatoms. The van der Waals surface area contributed by atoms with E-state index in [-0.39, 0.29) is 65.5 Å². The smallest absolute Gasteiger partial charge is 0.381 e. The van der Waals surface area contributed by atoms with Crippen molar-refractivity contribution in [3.63, 3.8) is 0 Å². The van der Waals surface area contributed by atoms with Gasteiger partial charge in [0.05, 0.1) is 28.7 Å². The molecule has 9 aliphatic carbocycles. The average Bonchev–Trinajstić information content (AvgIpc) is 1.56. The largest absolute Gasteiger partial charge is 0.416 e. The molecule has 8 heterocycles. The first-order valence-electron chi connectivity index (χ1n) is 51.5. The summed E-state index contributed by atoms with van der Waals surface area (Å²) in [4.78, 5) is 33.7. The molecular weight excluding hydrogens is 1830 g/mol. The summed E-state index contributed by atoms with van der Waals surface area (Å²) in [7, 11) is 0.754. The number of allylic oxidation sites excluding steroid dienone is 3. The number of likely N-dealkylation sites (tertiary alicyclic amines) is 2. The highest BCUT2D eigenvalue weighted by Gasteiger charge is 2.59. The van der Waals surface area contributed by atoms with Gasteiger partial charge in [-0.3, -0.25) is 9.59 Å². The minimum absolute atomic E-state index is 0. The number of aromatic nitrogens is 3. The molecule has 4 bridgehead atoms. The lowest BCUT2D eigenvalue weighted by Crippen LogP contribution is -2.45. The summed E-state index contributed by atoms with van der Waals surface area (Å²) in [6.07, 6.45) is 43.0. The van der Waals surface area contributed by atoms with Crippen molar-refractivity contribution in [2.45, 2.75) is 393 Å².